The fourth-order valence-electron chi connectivity index (χ4n) is 1.72. The molecule has 1 aromatic heterocycles. The lowest BCUT2D eigenvalue weighted by atomic mass is 10.1. The third-order valence-corrected chi connectivity index (χ3v) is 2.86. The van der Waals surface area contributed by atoms with Gasteiger partial charge < -0.3 is 16.4 Å². The number of pyridine rings is 1. The quantitative estimate of drug-likeness (QED) is 0.364. The minimum atomic E-state index is -0.114. The van der Waals surface area contributed by atoms with Gasteiger partial charge >= 0.3 is 0 Å². The maximum absolute atomic E-state index is 11.4. The summed E-state index contributed by atoms with van der Waals surface area (Å²) >= 11 is 0. The molecule has 1 heterocycles. The van der Waals surface area contributed by atoms with Crippen LogP contribution in [0.1, 0.15) is 15.9 Å². The largest absolute Gasteiger partial charge is 0.371 e. The molecular weight excluding hydrogens is 280 g/mol. The zero-order chi connectivity index (χ0) is 15.8. The molecule has 7 nitrogen and oxygen atoms in total. The van der Waals surface area contributed by atoms with Gasteiger partial charge in [0.05, 0.1) is 24.8 Å². The van der Waals surface area contributed by atoms with E-state index in [-0.39, 0.29) is 5.91 Å². The third-order valence-electron chi connectivity index (χ3n) is 2.86. The summed E-state index contributed by atoms with van der Waals surface area (Å²) in [6.45, 7) is 0.360. The van der Waals surface area contributed by atoms with Gasteiger partial charge in [-0.1, -0.05) is 12.1 Å². The van der Waals surface area contributed by atoms with Crippen LogP contribution in [-0.2, 0) is 0 Å². The highest BCUT2D eigenvalue weighted by atomic mass is 16.1. The first kappa shape index (κ1) is 15.5. The highest BCUT2D eigenvalue weighted by molar-refractivity contribution is 5.94. The Morgan fingerprint density at radius 1 is 1.27 bits per heavy atom. The number of rotatable bonds is 6. The second kappa shape index (κ2) is 7.75. The van der Waals surface area contributed by atoms with Crippen LogP contribution in [-0.4, -0.2) is 30.8 Å². The van der Waals surface area contributed by atoms with Crippen molar-refractivity contribution in [1.29, 1.82) is 0 Å². The summed E-state index contributed by atoms with van der Waals surface area (Å²) in [5.41, 5.74) is 10.5. The van der Waals surface area contributed by atoms with Crippen molar-refractivity contribution in [1.82, 2.24) is 10.3 Å². The van der Waals surface area contributed by atoms with Gasteiger partial charge in [-0.15, -0.1) is 0 Å². The molecule has 0 atom stereocenters. The summed E-state index contributed by atoms with van der Waals surface area (Å²) in [7, 11) is 1.60. The van der Waals surface area contributed by atoms with E-state index in [1.54, 1.807) is 37.7 Å². The SMILES string of the molecule is CNC(=O)c1ccc(/C=N/Nc2ccc(NCN)cn2)cc1. The molecular formula is C15H18N6O. The topological polar surface area (TPSA) is 104 Å². The molecule has 22 heavy (non-hydrogen) atoms. The molecule has 0 saturated carbocycles. The average molecular weight is 298 g/mol. The predicted molar refractivity (Wildman–Crippen MR) is 88.0 cm³/mol. The number of hydrogen-bond donors (Lipinski definition) is 4. The van der Waals surface area contributed by atoms with E-state index < -0.39 is 0 Å². The molecule has 0 aliphatic heterocycles. The number of carbonyl (C=O) groups is 1. The van der Waals surface area contributed by atoms with Gasteiger partial charge in [0.1, 0.15) is 5.82 Å². The average Bonchev–Trinajstić information content (AvgIpc) is 2.56. The number of carbonyl (C=O) groups excluding carboxylic acids is 1. The Hall–Kier alpha value is -2.93. The van der Waals surface area contributed by atoms with Gasteiger partial charge in [0.2, 0.25) is 0 Å². The van der Waals surface area contributed by atoms with Gasteiger partial charge in [0.15, 0.2) is 0 Å². The van der Waals surface area contributed by atoms with Gasteiger partial charge in [-0.05, 0) is 29.8 Å². The van der Waals surface area contributed by atoms with E-state index in [2.05, 4.69) is 26.1 Å². The van der Waals surface area contributed by atoms with Crippen LogP contribution in [0, 0.1) is 0 Å². The van der Waals surface area contributed by atoms with Crippen molar-refractivity contribution in [2.24, 2.45) is 10.8 Å². The number of nitrogens with two attached hydrogens (primary N) is 1. The number of nitrogens with zero attached hydrogens (tertiary/aromatic N) is 2. The summed E-state index contributed by atoms with van der Waals surface area (Å²) < 4.78 is 0. The van der Waals surface area contributed by atoms with Crippen molar-refractivity contribution in [2.45, 2.75) is 0 Å². The molecule has 0 bridgehead atoms. The molecule has 0 unspecified atom stereocenters. The van der Waals surface area contributed by atoms with E-state index in [9.17, 15) is 4.79 Å². The van der Waals surface area contributed by atoms with E-state index in [1.165, 1.54) is 0 Å². The lowest BCUT2D eigenvalue weighted by Crippen LogP contribution is -2.17. The molecule has 1 amide bonds. The fraction of sp³-hybridized carbons (Fsp3) is 0.133. The summed E-state index contributed by atoms with van der Waals surface area (Å²) in [6.07, 6.45) is 3.32. The Kier molecular flexibility index (Phi) is 5.44. The minimum Gasteiger partial charge on any atom is -0.371 e. The summed E-state index contributed by atoms with van der Waals surface area (Å²) in [5, 5.41) is 9.62. The standard InChI is InChI=1S/C15H18N6O/c1-17-15(22)12-4-2-11(3-5-12)8-20-21-14-7-6-13(9-18-14)19-10-16/h2-9,19H,10,16H2,1H3,(H,17,22)(H,18,21)/b20-8+. The molecule has 0 saturated heterocycles. The first-order valence-electron chi connectivity index (χ1n) is 6.74. The van der Waals surface area contributed by atoms with Crippen LogP contribution in [0.5, 0.6) is 0 Å². The lowest BCUT2D eigenvalue weighted by Gasteiger charge is -2.03. The number of aromatic nitrogens is 1. The Bertz CT molecular complexity index is 636. The second-order valence-electron chi connectivity index (χ2n) is 4.38. The van der Waals surface area contributed by atoms with Gasteiger partial charge in [-0.3, -0.25) is 10.2 Å². The number of nitrogens with one attached hydrogen (secondary N) is 3. The summed E-state index contributed by atoms with van der Waals surface area (Å²) in [4.78, 5) is 15.6. The maximum Gasteiger partial charge on any atom is 0.251 e. The Morgan fingerprint density at radius 2 is 2.05 bits per heavy atom. The zero-order valence-corrected chi connectivity index (χ0v) is 12.2. The maximum atomic E-state index is 11.4. The van der Waals surface area contributed by atoms with E-state index in [0.29, 0.717) is 18.1 Å². The van der Waals surface area contributed by atoms with Crippen LogP contribution in [0.2, 0.25) is 0 Å². The molecule has 0 fully saturated rings. The van der Waals surface area contributed by atoms with Crippen LogP contribution in [0.25, 0.3) is 0 Å². The Balaban J connectivity index is 1.93. The number of hydrazone groups is 1. The lowest BCUT2D eigenvalue weighted by molar-refractivity contribution is 0.0963. The zero-order valence-electron chi connectivity index (χ0n) is 12.2. The molecule has 114 valence electrons. The molecule has 0 aliphatic rings. The van der Waals surface area contributed by atoms with Crippen LogP contribution in [0.3, 0.4) is 0 Å². The van der Waals surface area contributed by atoms with Gasteiger partial charge in [-0.2, -0.15) is 5.10 Å². The van der Waals surface area contributed by atoms with Gasteiger partial charge in [-0.25, -0.2) is 4.98 Å². The molecule has 5 N–H and O–H groups in total. The summed E-state index contributed by atoms with van der Waals surface area (Å²) in [6, 6.07) is 10.8. The first-order chi connectivity index (χ1) is 10.7. The highest BCUT2D eigenvalue weighted by Gasteiger charge is 2.01. The van der Waals surface area contributed by atoms with Crippen molar-refractivity contribution in [3.05, 3.63) is 53.7 Å². The third kappa shape index (κ3) is 4.29. The van der Waals surface area contributed by atoms with Crippen molar-refractivity contribution in [3.63, 3.8) is 0 Å². The molecule has 7 heteroatoms. The number of anilines is 2. The van der Waals surface area contributed by atoms with E-state index in [0.717, 1.165) is 11.3 Å². The van der Waals surface area contributed by atoms with Crippen molar-refractivity contribution >= 4 is 23.6 Å². The van der Waals surface area contributed by atoms with Crippen LogP contribution >= 0.6 is 0 Å². The Labute approximate surface area is 128 Å². The molecule has 1 aromatic carbocycles. The van der Waals surface area contributed by atoms with Crippen LogP contribution in [0.4, 0.5) is 11.5 Å². The van der Waals surface area contributed by atoms with Crippen molar-refractivity contribution in [3.8, 4) is 0 Å². The number of hydrogen-bond acceptors (Lipinski definition) is 6. The van der Waals surface area contributed by atoms with Crippen LogP contribution in [0.15, 0.2) is 47.7 Å². The van der Waals surface area contributed by atoms with Crippen molar-refractivity contribution < 1.29 is 4.79 Å². The van der Waals surface area contributed by atoms with Gasteiger partial charge in [0.25, 0.3) is 5.91 Å². The second-order valence-corrected chi connectivity index (χ2v) is 4.38. The summed E-state index contributed by atoms with van der Waals surface area (Å²) in [5.74, 6) is 0.512. The number of benzene rings is 1. The molecule has 0 spiro atoms. The van der Waals surface area contributed by atoms with E-state index in [4.69, 9.17) is 5.73 Å². The van der Waals surface area contributed by atoms with Crippen LogP contribution < -0.4 is 21.8 Å². The first-order valence-corrected chi connectivity index (χ1v) is 6.74. The Morgan fingerprint density at radius 3 is 2.64 bits per heavy atom. The molecule has 0 aliphatic carbocycles. The molecule has 2 aromatic rings. The predicted octanol–water partition coefficient (Wildman–Crippen LogP) is 1.22. The number of amides is 1. The minimum absolute atomic E-state index is 0.114. The molecule has 2 rings (SSSR count). The smallest absolute Gasteiger partial charge is 0.251 e. The fourth-order valence-corrected chi connectivity index (χ4v) is 1.72. The van der Waals surface area contributed by atoms with E-state index in [1.807, 2.05) is 18.2 Å². The monoisotopic (exact) mass is 298 g/mol. The molecule has 0 radical (unpaired) electrons. The van der Waals surface area contributed by atoms with Crippen molar-refractivity contribution in [2.75, 3.05) is 24.5 Å². The normalized spacial score (nSPS) is 10.5. The van der Waals surface area contributed by atoms with Gasteiger partial charge in [0, 0.05) is 12.6 Å². The van der Waals surface area contributed by atoms with E-state index >= 15 is 0 Å². The highest BCUT2D eigenvalue weighted by Crippen LogP contribution is 2.09.